The van der Waals surface area contributed by atoms with Crippen LogP contribution in [0, 0.1) is 0 Å². The van der Waals surface area contributed by atoms with Crippen molar-refractivity contribution in [3.8, 4) is 5.75 Å². The summed E-state index contributed by atoms with van der Waals surface area (Å²) in [6, 6.07) is 9.26. The molecule has 0 unspecified atom stereocenters. The van der Waals surface area contributed by atoms with Gasteiger partial charge in [-0.3, -0.25) is 0 Å². The van der Waals surface area contributed by atoms with Gasteiger partial charge >= 0.3 is 5.97 Å². The van der Waals surface area contributed by atoms with Crippen molar-refractivity contribution in [2.24, 2.45) is 0 Å². The van der Waals surface area contributed by atoms with E-state index < -0.39 is 5.97 Å². The Labute approximate surface area is 125 Å². The summed E-state index contributed by atoms with van der Waals surface area (Å²) in [6.07, 6.45) is 0. The second kappa shape index (κ2) is 6.03. The van der Waals surface area contributed by atoms with E-state index in [9.17, 15) is 9.90 Å². The number of ether oxygens (including phenoxy) is 1. The molecule has 104 valence electrons. The summed E-state index contributed by atoms with van der Waals surface area (Å²) in [5.41, 5.74) is 6.70. The summed E-state index contributed by atoms with van der Waals surface area (Å²) in [4.78, 5) is 11.9. The number of nitrogen functional groups attached to an aromatic ring is 1. The van der Waals surface area contributed by atoms with Gasteiger partial charge < -0.3 is 15.6 Å². The SMILES string of the molecule is Nc1cc(Cl)c(Cl)c(C(=O)OCc2cccc(O)c2)c1. The van der Waals surface area contributed by atoms with Crippen molar-refractivity contribution in [2.45, 2.75) is 6.61 Å². The molecule has 0 radical (unpaired) electrons. The van der Waals surface area contributed by atoms with E-state index in [0.29, 0.717) is 11.3 Å². The predicted octanol–water partition coefficient (Wildman–Crippen LogP) is 3.64. The quantitative estimate of drug-likeness (QED) is 0.670. The lowest BCUT2D eigenvalue weighted by atomic mass is 10.2. The summed E-state index contributed by atoms with van der Waals surface area (Å²) in [7, 11) is 0. The first-order valence-electron chi connectivity index (χ1n) is 5.67. The lowest BCUT2D eigenvalue weighted by Crippen LogP contribution is -2.07. The Morgan fingerprint density at radius 1 is 1.25 bits per heavy atom. The first kappa shape index (κ1) is 14.5. The van der Waals surface area contributed by atoms with Gasteiger partial charge in [0, 0.05) is 5.69 Å². The maximum atomic E-state index is 11.9. The molecule has 0 spiro atoms. The van der Waals surface area contributed by atoms with Crippen LogP contribution < -0.4 is 5.73 Å². The van der Waals surface area contributed by atoms with E-state index in [1.807, 2.05) is 0 Å². The van der Waals surface area contributed by atoms with Gasteiger partial charge in [-0.15, -0.1) is 0 Å². The molecule has 0 aliphatic rings. The van der Waals surface area contributed by atoms with E-state index in [0.717, 1.165) is 0 Å². The van der Waals surface area contributed by atoms with Crippen LogP contribution in [0.2, 0.25) is 10.0 Å². The third-order valence-corrected chi connectivity index (χ3v) is 3.35. The topological polar surface area (TPSA) is 72.6 Å². The van der Waals surface area contributed by atoms with Gasteiger partial charge in [-0.25, -0.2) is 4.79 Å². The molecule has 0 aromatic heterocycles. The number of hydrogen-bond donors (Lipinski definition) is 2. The number of phenolic OH excluding ortho intramolecular Hbond substituents is 1. The Morgan fingerprint density at radius 2 is 2.00 bits per heavy atom. The van der Waals surface area contributed by atoms with Crippen LogP contribution in [0.5, 0.6) is 5.75 Å². The molecule has 0 saturated carbocycles. The van der Waals surface area contributed by atoms with Gasteiger partial charge in [0.1, 0.15) is 12.4 Å². The maximum absolute atomic E-state index is 11.9. The van der Waals surface area contributed by atoms with Gasteiger partial charge in [0.05, 0.1) is 15.6 Å². The lowest BCUT2D eigenvalue weighted by molar-refractivity contribution is 0.0472. The number of carbonyl (C=O) groups is 1. The Hall–Kier alpha value is -1.91. The first-order chi connectivity index (χ1) is 9.47. The number of halogens is 2. The Morgan fingerprint density at radius 3 is 2.70 bits per heavy atom. The molecule has 0 fully saturated rings. The van der Waals surface area contributed by atoms with Crippen LogP contribution in [0.4, 0.5) is 5.69 Å². The van der Waals surface area contributed by atoms with Crippen molar-refractivity contribution < 1.29 is 14.6 Å². The van der Waals surface area contributed by atoms with Crippen LogP contribution in [-0.4, -0.2) is 11.1 Å². The molecule has 0 amide bonds. The number of anilines is 1. The normalized spacial score (nSPS) is 10.3. The number of nitrogens with two attached hydrogens (primary N) is 1. The number of phenols is 1. The van der Waals surface area contributed by atoms with E-state index in [-0.39, 0.29) is 28.0 Å². The van der Waals surface area contributed by atoms with E-state index in [2.05, 4.69) is 0 Å². The Kier molecular flexibility index (Phi) is 4.37. The van der Waals surface area contributed by atoms with E-state index >= 15 is 0 Å². The average Bonchev–Trinajstić information content (AvgIpc) is 2.40. The minimum absolute atomic E-state index is 0.00990. The van der Waals surface area contributed by atoms with Gasteiger partial charge in [-0.1, -0.05) is 35.3 Å². The molecule has 2 rings (SSSR count). The highest BCUT2D eigenvalue weighted by Crippen LogP contribution is 2.29. The van der Waals surface area contributed by atoms with E-state index in [4.69, 9.17) is 33.7 Å². The van der Waals surface area contributed by atoms with Crippen molar-refractivity contribution in [1.29, 1.82) is 0 Å². The molecule has 2 aromatic carbocycles. The van der Waals surface area contributed by atoms with Crippen molar-refractivity contribution in [1.82, 2.24) is 0 Å². The zero-order chi connectivity index (χ0) is 14.7. The smallest absolute Gasteiger partial charge is 0.340 e. The summed E-state index contributed by atoms with van der Waals surface area (Å²) in [6.45, 7) is 0.00990. The summed E-state index contributed by atoms with van der Waals surface area (Å²) in [5, 5.41) is 9.61. The first-order valence-corrected chi connectivity index (χ1v) is 6.42. The van der Waals surface area contributed by atoms with Crippen LogP contribution in [0.25, 0.3) is 0 Å². The summed E-state index contributed by atoms with van der Waals surface area (Å²) < 4.78 is 5.11. The molecule has 0 bridgehead atoms. The number of hydrogen-bond acceptors (Lipinski definition) is 4. The average molecular weight is 312 g/mol. The van der Waals surface area contributed by atoms with E-state index in [1.54, 1.807) is 12.1 Å². The molecule has 0 aliphatic carbocycles. The van der Waals surface area contributed by atoms with Crippen LogP contribution in [0.15, 0.2) is 36.4 Å². The largest absolute Gasteiger partial charge is 0.508 e. The minimum atomic E-state index is -0.632. The molecule has 0 saturated heterocycles. The number of carbonyl (C=O) groups excluding carboxylic acids is 1. The summed E-state index contributed by atoms with van der Waals surface area (Å²) in [5.74, 6) is -0.531. The highest BCUT2D eigenvalue weighted by Gasteiger charge is 2.15. The van der Waals surface area contributed by atoms with Gasteiger partial charge in [-0.2, -0.15) is 0 Å². The lowest BCUT2D eigenvalue weighted by Gasteiger charge is -2.08. The van der Waals surface area contributed by atoms with Crippen molar-refractivity contribution in [3.63, 3.8) is 0 Å². The molecule has 2 aromatic rings. The molecule has 0 heterocycles. The molecular weight excluding hydrogens is 301 g/mol. The zero-order valence-corrected chi connectivity index (χ0v) is 11.8. The van der Waals surface area contributed by atoms with Crippen molar-refractivity contribution >= 4 is 34.9 Å². The number of benzene rings is 2. The second-order valence-electron chi connectivity index (χ2n) is 4.11. The summed E-state index contributed by atoms with van der Waals surface area (Å²) >= 11 is 11.8. The van der Waals surface area contributed by atoms with Gasteiger partial charge in [-0.05, 0) is 29.8 Å². The predicted molar refractivity (Wildman–Crippen MR) is 78.1 cm³/mol. The Balaban J connectivity index is 2.13. The molecule has 0 aliphatic heterocycles. The highest BCUT2D eigenvalue weighted by atomic mass is 35.5. The monoisotopic (exact) mass is 311 g/mol. The molecule has 6 heteroatoms. The molecule has 4 nitrogen and oxygen atoms in total. The van der Waals surface area contributed by atoms with Gasteiger partial charge in [0.2, 0.25) is 0 Å². The molecule has 3 N–H and O–H groups in total. The third-order valence-electron chi connectivity index (χ3n) is 2.55. The number of aromatic hydroxyl groups is 1. The maximum Gasteiger partial charge on any atom is 0.340 e. The van der Waals surface area contributed by atoms with Crippen LogP contribution in [0.3, 0.4) is 0 Å². The minimum Gasteiger partial charge on any atom is -0.508 e. The van der Waals surface area contributed by atoms with Crippen molar-refractivity contribution in [2.75, 3.05) is 5.73 Å². The fourth-order valence-corrected chi connectivity index (χ4v) is 2.05. The Bertz CT molecular complexity index is 659. The highest BCUT2D eigenvalue weighted by molar-refractivity contribution is 6.44. The molecular formula is C14H11Cl2NO3. The van der Waals surface area contributed by atoms with Crippen molar-refractivity contribution in [3.05, 3.63) is 57.6 Å². The van der Waals surface area contributed by atoms with Crippen LogP contribution >= 0.6 is 23.2 Å². The zero-order valence-electron chi connectivity index (χ0n) is 10.3. The number of rotatable bonds is 3. The standard InChI is InChI=1S/C14H11Cl2NO3/c15-12-6-9(17)5-11(13(12)16)14(19)20-7-8-2-1-3-10(18)4-8/h1-6,18H,7,17H2. The molecule has 0 atom stereocenters. The van der Waals surface area contributed by atoms with Gasteiger partial charge in [0.25, 0.3) is 0 Å². The van der Waals surface area contributed by atoms with Gasteiger partial charge in [0.15, 0.2) is 0 Å². The number of esters is 1. The van der Waals surface area contributed by atoms with Crippen LogP contribution in [-0.2, 0) is 11.3 Å². The van der Waals surface area contributed by atoms with E-state index in [1.165, 1.54) is 24.3 Å². The molecule has 20 heavy (non-hydrogen) atoms. The fraction of sp³-hybridized carbons (Fsp3) is 0.0714. The third kappa shape index (κ3) is 3.35. The van der Waals surface area contributed by atoms with Crippen LogP contribution in [0.1, 0.15) is 15.9 Å². The second-order valence-corrected chi connectivity index (χ2v) is 4.90. The fourth-order valence-electron chi connectivity index (χ4n) is 1.63.